The van der Waals surface area contributed by atoms with Gasteiger partial charge in [0.25, 0.3) is 0 Å². The number of hydrogen-bond acceptors (Lipinski definition) is 8. The van der Waals surface area contributed by atoms with E-state index >= 15 is 0 Å². The van der Waals surface area contributed by atoms with Crippen LogP contribution in [-0.2, 0) is 4.74 Å². The molecule has 2 aromatic carbocycles. The van der Waals surface area contributed by atoms with Crippen molar-refractivity contribution in [3.05, 3.63) is 53.2 Å². The number of fused-ring (bicyclic) bond motifs is 1. The molecule has 1 saturated heterocycles. The third-order valence-corrected chi connectivity index (χ3v) is 6.28. The first-order valence-electron chi connectivity index (χ1n) is 11.8. The largest absolute Gasteiger partial charge is 0.497 e. The van der Waals surface area contributed by atoms with Crippen LogP contribution in [0.3, 0.4) is 0 Å². The van der Waals surface area contributed by atoms with Crippen LogP contribution in [0.2, 0.25) is 0 Å². The molecule has 0 unspecified atom stereocenters. The number of aryl methyl sites for hydroxylation is 2. The zero-order valence-corrected chi connectivity index (χ0v) is 20.4. The van der Waals surface area contributed by atoms with E-state index in [9.17, 15) is 4.79 Å². The topological polar surface area (TPSA) is 79.8 Å². The number of nitrogens with zero attached hydrogens (tertiary/aromatic N) is 4. The highest BCUT2D eigenvalue weighted by atomic mass is 16.5. The predicted octanol–water partition coefficient (Wildman–Crippen LogP) is 3.67. The van der Waals surface area contributed by atoms with Crippen LogP contribution in [-0.4, -0.2) is 73.8 Å². The van der Waals surface area contributed by atoms with Crippen LogP contribution in [0.4, 0.5) is 11.5 Å². The summed E-state index contributed by atoms with van der Waals surface area (Å²) in [5.41, 5.74) is 5.19. The van der Waals surface area contributed by atoms with Gasteiger partial charge < -0.3 is 19.7 Å². The summed E-state index contributed by atoms with van der Waals surface area (Å²) in [7, 11) is 1.68. The Morgan fingerprint density at radius 2 is 1.65 bits per heavy atom. The average molecular weight is 464 g/mol. The quantitative estimate of drug-likeness (QED) is 0.507. The zero-order chi connectivity index (χ0) is 24.1. The molecule has 4 rings (SSSR count). The summed E-state index contributed by atoms with van der Waals surface area (Å²) < 4.78 is 10.5. The van der Waals surface area contributed by atoms with Crippen LogP contribution >= 0.6 is 0 Å². The van der Waals surface area contributed by atoms with Crippen molar-refractivity contribution < 1.29 is 14.3 Å². The van der Waals surface area contributed by atoms with Crippen molar-refractivity contribution in [2.24, 2.45) is 0 Å². The molecule has 0 atom stereocenters. The number of aromatic nitrogens is 2. The SMILES string of the molecule is CCOC(=O)c1nc2cc(C)c(C)cc2nc1NCCN1CCN(c2ccc(OC)cc2)CC1. The van der Waals surface area contributed by atoms with Crippen LogP contribution in [0.25, 0.3) is 11.0 Å². The fraction of sp³-hybridized carbons (Fsp3) is 0.423. The van der Waals surface area contributed by atoms with E-state index in [1.807, 2.05) is 38.1 Å². The zero-order valence-electron chi connectivity index (χ0n) is 20.4. The summed E-state index contributed by atoms with van der Waals surface area (Å²) >= 11 is 0. The Morgan fingerprint density at radius 3 is 2.26 bits per heavy atom. The number of rotatable bonds is 8. The minimum atomic E-state index is -0.453. The average Bonchev–Trinajstić information content (AvgIpc) is 2.85. The maximum absolute atomic E-state index is 12.5. The van der Waals surface area contributed by atoms with Crippen molar-refractivity contribution >= 4 is 28.5 Å². The third-order valence-electron chi connectivity index (χ3n) is 6.28. The van der Waals surface area contributed by atoms with Crippen LogP contribution in [0.5, 0.6) is 5.75 Å². The molecule has 1 aliphatic rings. The standard InChI is InChI=1S/C26H33N5O3/c1-5-34-26(32)24-25(29-23-17-19(3)18(2)16-22(23)28-24)27-10-11-30-12-14-31(15-13-30)20-6-8-21(33-4)9-7-20/h6-9,16-17H,5,10-15H2,1-4H3,(H,27,29). The van der Waals surface area contributed by atoms with E-state index in [2.05, 4.69) is 32.2 Å². The van der Waals surface area contributed by atoms with Gasteiger partial charge in [-0.25, -0.2) is 14.8 Å². The lowest BCUT2D eigenvalue weighted by molar-refractivity contribution is 0.0520. The number of ether oxygens (including phenoxy) is 2. The lowest BCUT2D eigenvalue weighted by Crippen LogP contribution is -2.47. The fourth-order valence-corrected chi connectivity index (χ4v) is 4.13. The number of esters is 1. The molecular weight excluding hydrogens is 430 g/mol. The van der Waals surface area contributed by atoms with Gasteiger partial charge in [0, 0.05) is 45.0 Å². The van der Waals surface area contributed by atoms with Crippen molar-refractivity contribution in [1.82, 2.24) is 14.9 Å². The first-order chi connectivity index (χ1) is 16.5. The van der Waals surface area contributed by atoms with Gasteiger partial charge in [0.15, 0.2) is 11.5 Å². The first kappa shape index (κ1) is 23.8. The molecular formula is C26H33N5O3. The second kappa shape index (κ2) is 10.7. The highest BCUT2D eigenvalue weighted by Crippen LogP contribution is 2.22. The predicted molar refractivity (Wildman–Crippen MR) is 135 cm³/mol. The Hall–Kier alpha value is -3.39. The molecule has 3 aromatic rings. The summed E-state index contributed by atoms with van der Waals surface area (Å²) in [6.45, 7) is 11.6. The van der Waals surface area contributed by atoms with E-state index in [0.717, 1.165) is 55.1 Å². The van der Waals surface area contributed by atoms with Crippen LogP contribution in [0.15, 0.2) is 36.4 Å². The third kappa shape index (κ3) is 5.39. The molecule has 1 aromatic heterocycles. The summed E-state index contributed by atoms with van der Waals surface area (Å²) in [4.78, 5) is 26.7. The van der Waals surface area contributed by atoms with Crippen LogP contribution in [0.1, 0.15) is 28.5 Å². The summed E-state index contributed by atoms with van der Waals surface area (Å²) in [6.07, 6.45) is 0. The van der Waals surface area contributed by atoms with Crippen molar-refractivity contribution in [1.29, 1.82) is 0 Å². The maximum atomic E-state index is 12.5. The number of piperazine rings is 1. The molecule has 0 aliphatic carbocycles. The highest BCUT2D eigenvalue weighted by molar-refractivity contribution is 5.95. The molecule has 180 valence electrons. The van der Waals surface area contributed by atoms with Crippen LogP contribution in [0, 0.1) is 13.8 Å². The Labute approximate surface area is 200 Å². The van der Waals surface area contributed by atoms with Crippen LogP contribution < -0.4 is 15.0 Å². The molecule has 0 spiro atoms. The van der Waals surface area contributed by atoms with Gasteiger partial charge in [-0.1, -0.05) is 0 Å². The van der Waals surface area contributed by atoms with E-state index in [1.165, 1.54) is 5.69 Å². The molecule has 0 amide bonds. The van der Waals surface area contributed by atoms with Gasteiger partial charge in [0.05, 0.1) is 24.8 Å². The number of hydrogen-bond donors (Lipinski definition) is 1. The summed E-state index contributed by atoms with van der Waals surface area (Å²) in [5.74, 6) is 0.898. The van der Waals surface area contributed by atoms with Gasteiger partial charge in [-0.05, 0) is 68.3 Å². The molecule has 1 aliphatic heterocycles. The summed E-state index contributed by atoms with van der Waals surface area (Å²) in [6, 6.07) is 12.2. The Bertz CT molecular complexity index is 1140. The Morgan fingerprint density at radius 1 is 1.00 bits per heavy atom. The highest BCUT2D eigenvalue weighted by Gasteiger charge is 2.20. The first-order valence-corrected chi connectivity index (χ1v) is 11.8. The normalized spacial score (nSPS) is 14.3. The minimum absolute atomic E-state index is 0.238. The monoisotopic (exact) mass is 463 g/mol. The van der Waals surface area contributed by atoms with Crippen molar-refractivity contribution in [3.63, 3.8) is 0 Å². The number of methoxy groups -OCH3 is 1. The molecule has 2 heterocycles. The van der Waals surface area contributed by atoms with E-state index in [1.54, 1.807) is 14.0 Å². The Balaban J connectivity index is 1.38. The number of carbonyl (C=O) groups is 1. The van der Waals surface area contributed by atoms with Crippen molar-refractivity contribution in [2.75, 3.05) is 63.2 Å². The fourth-order valence-electron chi connectivity index (χ4n) is 4.13. The van der Waals surface area contributed by atoms with E-state index in [4.69, 9.17) is 14.5 Å². The van der Waals surface area contributed by atoms with E-state index in [-0.39, 0.29) is 5.69 Å². The molecule has 34 heavy (non-hydrogen) atoms. The smallest absolute Gasteiger partial charge is 0.360 e. The van der Waals surface area contributed by atoms with Gasteiger partial charge in [-0.2, -0.15) is 0 Å². The van der Waals surface area contributed by atoms with Gasteiger partial charge in [-0.15, -0.1) is 0 Å². The number of benzene rings is 2. The van der Waals surface area contributed by atoms with Gasteiger partial charge in [-0.3, -0.25) is 4.90 Å². The van der Waals surface area contributed by atoms with E-state index < -0.39 is 5.97 Å². The maximum Gasteiger partial charge on any atom is 0.360 e. The van der Waals surface area contributed by atoms with Crippen molar-refractivity contribution in [2.45, 2.75) is 20.8 Å². The molecule has 0 radical (unpaired) electrons. The van der Waals surface area contributed by atoms with Crippen molar-refractivity contribution in [3.8, 4) is 5.75 Å². The molecule has 8 heteroatoms. The molecule has 1 N–H and O–H groups in total. The molecule has 8 nitrogen and oxygen atoms in total. The molecule has 1 fully saturated rings. The second-order valence-electron chi connectivity index (χ2n) is 8.52. The number of anilines is 2. The second-order valence-corrected chi connectivity index (χ2v) is 8.52. The lowest BCUT2D eigenvalue weighted by atomic mass is 10.1. The molecule has 0 bridgehead atoms. The van der Waals surface area contributed by atoms with Gasteiger partial charge in [0.2, 0.25) is 0 Å². The molecule has 0 saturated carbocycles. The summed E-state index contributed by atoms with van der Waals surface area (Å²) in [5, 5.41) is 3.34. The Kier molecular flexibility index (Phi) is 7.47. The van der Waals surface area contributed by atoms with Gasteiger partial charge in [0.1, 0.15) is 5.75 Å². The van der Waals surface area contributed by atoms with E-state index in [0.29, 0.717) is 24.5 Å². The lowest BCUT2D eigenvalue weighted by Gasteiger charge is -2.36. The van der Waals surface area contributed by atoms with Gasteiger partial charge >= 0.3 is 5.97 Å². The number of nitrogens with one attached hydrogen (secondary N) is 1. The minimum Gasteiger partial charge on any atom is -0.497 e. The number of carbonyl (C=O) groups excluding carboxylic acids is 1.